The molecule has 0 aromatic carbocycles. The van der Waals surface area contributed by atoms with Gasteiger partial charge in [-0.15, -0.1) is 16.4 Å². The van der Waals surface area contributed by atoms with Crippen molar-refractivity contribution in [3.8, 4) is 0 Å². The van der Waals surface area contributed by atoms with Crippen LogP contribution in [0.3, 0.4) is 0 Å². The minimum absolute atomic E-state index is 0.240. The summed E-state index contributed by atoms with van der Waals surface area (Å²) in [6.07, 6.45) is 3.50. The van der Waals surface area contributed by atoms with Crippen LogP contribution < -0.4 is 10.6 Å². The lowest BCUT2D eigenvalue weighted by Gasteiger charge is -2.12. The molecular weight excluding hydrogens is 260 g/mol. The summed E-state index contributed by atoms with van der Waals surface area (Å²) in [6, 6.07) is 5.58. The third-order valence-corrected chi connectivity index (χ3v) is 4.16. The van der Waals surface area contributed by atoms with Crippen molar-refractivity contribution in [3.63, 3.8) is 0 Å². The molecular formula is C13H18N4OS. The maximum Gasteiger partial charge on any atom is 0.316 e. The number of nitrogens with one attached hydrogen (secondary N) is 2. The molecule has 0 amide bonds. The summed E-state index contributed by atoms with van der Waals surface area (Å²) in [5.41, 5.74) is 0. The second kappa shape index (κ2) is 5.71. The van der Waals surface area contributed by atoms with Crippen molar-refractivity contribution >= 4 is 17.4 Å². The zero-order chi connectivity index (χ0) is 13.1. The first-order chi connectivity index (χ1) is 9.35. The molecule has 1 atom stereocenters. The van der Waals surface area contributed by atoms with Gasteiger partial charge in [0.15, 0.2) is 0 Å². The Kier molecular flexibility index (Phi) is 3.79. The maximum absolute atomic E-state index is 5.60. The van der Waals surface area contributed by atoms with Crippen LogP contribution >= 0.6 is 11.3 Å². The molecule has 5 nitrogen and oxygen atoms in total. The Bertz CT molecular complexity index is 506. The zero-order valence-corrected chi connectivity index (χ0v) is 11.7. The van der Waals surface area contributed by atoms with Crippen molar-refractivity contribution in [3.05, 3.63) is 28.3 Å². The van der Waals surface area contributed by atoms with Crippen LogP contribution in [0.1, 0.15) is 43.0 Å². The van der Waals surface area contributed by atoms with Gasteiger partial charge in [0.2, 0.25) is 5.89 Å². The smallest absolute Gasteiger partial charge is 0.316 e. The summed E-state index contributed by atoms with van der Waals surface area (Å²) in [4.78, 5) is 1.29. The molecule has 0 bridgehead atoms. The molecule has 2 N–H and O–H groups in total. The number of aromatic nitrogens is 2. The Morgan fingerprint density at radius 2 is 2.37 bits per heavy atom. The van der Waals surface area contributed by atoms with Gasteiger partial charge in [-0.1, -0.05) is 18.1 Å². The Morgan fingerprint density at radius 1 is 1.47 bits per heavy atom. The van der Waals surface area contributed by atoms with Gasteiger partial charge >= 0.3 is 6.01 Å². The Balaban J connectivity index is 1.58. The first-order valence-electron chi connectivity index (χ1n) is 6.71. The van der Waals surface area contributed by atoms with E-state index in [0.717, 1.165) is 6.42 Å². The van der Waals surface area contributed by atoms with E-state index in [0.29, 0.717) is 24.5 Å². The molecule has 3 rings (SSSR count). The van der Waals surface area contributed by atoms with Crippen molar-refractivity contribution in [1.82, 2.24) is 15.5 Å². The van der Waals surface area contributed by atoms with Gasteiger partial charge in [-0.05, 0) is 30.7 Å². The predicted molar refractivity (Wildman–Crippen MR) is 75.1 cm³/mol. The van der Waals surface area contributed by atoms with Crippen LogP contribution in [-0.2, 0) is 6.54 Å². The predicted octanol–water partition coefficient (Wildman–Crippen LogP) is 2.95. The molecule has 1 saturated carbocycles. The molecule has 2 aromatic heterocycles. The van der Waals surface area contributed by atoms with Crippen LogP contribution in [0.2, 0.25) is 0 Å². The van der Waals surface area contributed by atoms with Crippen molar-refractivity contribution in [2.45, 2.75) is 44.8 Å². The molecule has 1 aliphatic carbocycles. The maximum atomic E-state index is 5.60. The van der Waals surface area contributed by atoms with E-state index in [4.69, 9.17) is 4.42 Å². The lowest BCUT2D eigenvalue weighted by atomic mass is 10.2. The summed E-state index contributed by atoms with van der Waals surface area (Å²) in [5.74, 6) is 0.649. The second-order valence-corrected chi connectivity index (χ2v) is 5.76. The van der Waals surface area contributed by atoms with Gasteiger partial charge in [-0.2, -0.15) is 0 Å². The first kappa shape index (κ1) is 12.6. The number of nitrogens with zero attached hydrogens (tertiary/aromatic N) is 2. The average molecular weight is 278 g/mol. The van der Waals surface area contributed by atoms with Gasteiger partial charge in [0.05, 0.1) is 12.6 Å². The largest absolute Gasteiger partial charge is 0.407 e. The SMILES string of the molecule is CCC(Nc1nnc(CNC2CC2)o1)c1cccs1. The fourth-order valence-corrected chi connectivity index (χ4v) is 2.78. The van der Waals surface area contributed by atoms with E-state index in [1.54, 1.807) is 11.3 Å². The second-order valence-electron chi connectivity index (χ2n) is 4.78. The third kappa shape index (κ3) is 3.33. The van der Waals surface area contributed by atoms with Crippen LogP contribution in [0.25, 0.3) is 0 Å². The summed E-state index contributed by atoms with van der Waals surface area (Å²) >= 11 is 1.74. The van der Waals surface area contributed by atoms with E-state index in [1.165, 1.54) is 17.7 Å². The van der Waals surface area contributed by atoms with Crippen molar-refractivity contribution in [2.75, 3.05) is 5.32 Å². The normalized spacial score (nSPS) is 16.5. The first-order valence-corrected chi connectivity index (χ1v) is 7.59. The standard InChI is InChI=1S/C13H18N4OS/c1-2-10(11-4-3-7-19-11)15-13-17-16-12(18-13)8-14-9-5-6-9/h3-4,7,9-10,14H,2,5-6,8H2,1H3,(H,15,17). The molecule has 6 heteroatoms. The highest BCUT2D eigenvalue weighted by Crippen LogP contribution is 2.25. The zero-order valence-electron chi connectivity index (χ0n) is 10.9. The van der Waals surface area contributed by atoms with Crippen LogP contribution in [0.15, 0.2) is 21.9 Å². The van der Waals surface area contributed by atoms with Crippen molar-refractivity contribution in [1.29, 1.82) is 0 Å². The van der Waals surface area contributed by atoms with E-state index in [2.05, 4.69) is 45.3 Å². The fourth-order valence-electron chi connectivity index (χ4n) is 1.92. The van der Waals surface area contributed by atoms with Crippen LogP contribution in [0.4, 0.5) is 6.01 Å². The lowest BCUT2D eigenvalue weighted by Crippen LogP contribution is -2.15. The quantitative estimate of drug-likeness (QED) is 0.815. The van der Waals surface area contributed by atoms with Crippen molar-refractivity contribution in [2.24, 2.45) is 0 Å². The molecule has 0 spiro atoms. The third-order valence-electron chi connectivity index (χ3n) is 3.18. The Hall–Kier alpha value is -1.40. The Morgan fingerprint density at radius 3 is 3.05 bits per heavy atom. The number of thiophene rings is 1. The summed E-state index contributed by atoms with van der Waals surface area (Å²) < 4.78 is 5.60. The average Bonchev–Trinajstić information content (AvgIpc) is 2.93. The monoisotopic (exact) mass is 278 g/mol. The number of anilines is 1. The van der Waals surface area contributed by atoms with Gasteiger partial charge in [0.25, 0.3) is 0 Å². The summed E-state index contributed by atoms with van der Waals surface area (Å²) in [7, 11) is 0. The number of hydrogen-bond acceptors (Lipinski definition) is 6. The molecule has 0 saturated heterocycles. The van der Waals surface area contributed by atoms with Crippen molar-refractivity contribution < 1.29 is 4.42 Å². The lowest BCUT2D eigenvalue weighted by molar-refractivity contribution is 0.471. The highest BCUT2D eigenvalue weighted by molar-refractivity contribution is 7.10. The molecule has 0 radical (unpaired) electrons. The molecule has 1 aliphatic rings. The summed E-state index contributed by atoms with van der Waals surface area (Å²) in [5, 5.41) is 16.8. The van der Waals surface area contributed by atoms with Crippen LogP contribution in [0, 0.1) is 0 Å². The number of rotatable bonds is 7. The highest BCUT2D eigenvalue weighted by atomic mass is 32.1. The van der Waals surface area contributed by atoms with Gasteiger partial charge < -0.3 is 15.1 Å². The molecule has 0 aliphatic heterocycles. The molecule has 1 unspecified atom stereocenters. The Labute approximate surface area is 116 Å². The molecule has 2 heterocycles. The summed E-state index contributed by atoms with van der Waals surface area (Å²) in [6.45, 7) is 2.80. The molecule has 1 fully saturated rings. The van der Waals surface area contributed by atoms with Gasteiger partial charge in [-0.3, -0.25) is 0 Å². The van der Waals surface area contributed by atoms with Gasteiger partial charge in [0, 0.05) is 10.9 Å². The highest BCUT2D eigenvalue weighted by Gasteiger charge is 2.21. The van der Waals surface area contributed by atoms with Crippen LogP contribution in [0.5, 0.6) is 0 Å². The topological polar surface area (TPSA) is 63.0 Å². The van der Waals surface area contributed by atoms with Gasteiger partial charge in [-0.25, -0.2) is 0 Å². The van der Waals surface area contributed by atoms with E-state index >= 15 is 0 Å². The number of hydrogen-bond donors (Lipinski definition) is 2. The molecule has 19 heavy (non-hydrogen) atoms. The molecule has 2 aromatic rings. The fraction of sp³-hybridized carbons (Fsp3) is 0.538. The van der Waals surface area contributed by atoms with E-state index in [1.807, 2.05) is 0 Å². The van der Waals surface area contributed by atoms with E-state index < -0.39 is 0 Å². The molecule has 102 valence electrons. The van der Waals surface area contributed by atoms with Gasteiger partial charge in [0.1, 0.15) is 0 Å². The van der Waals surface area contributed by atoms with Crippen LogP contribution in [-0.4, -0.2) is 16.2 Å². The van der Waals surface area contributed by atoms with E-state index in [9.17, 15) is 0 Å². The minimum Gasteiger partial charge on any atom is -0.407 e. The minimum atomic E-state index is 0.240. The van der Waals surface area contributed by atoms with E-state index in [-0.39, 0.29) is 6.04 Å².